The summed E-state index contributed by atoms with van der Waals surface area (Å²) in [4.78, 5) is 11.5. The van der Waals surface area contributed by atoms with E-state index < -0.39 is 5.82 Å². The average molecular weight is 283 g/mol. The summed E-state index contributed by atoms with van der Waals surface area (Å²) < 4.78 is 13.6. The van der Waals surface area contributed by atoms with E-state index in [1.54, 1.807) is 6.07 Å². The van der Waals surface area contributed by atoms with Gasteiger partial charge in [-0.25, -0.2) is 4.39 Å². The number of halogens is 1. The van der Waals surface area contributed by atoms with Gasteiger partial charge in [0.2, 0.25) is 5.91 Å². The van der Waals surface area contributed by atoms with Crippen LogP contribution in [0.2, 0.25) is 0 Å². The van der Waals surface area contributed by atoms with Crippen LogP contribution in [0.5, 0.6) is 0 Å². The molecule has 1 aromatic carbocycles. The third-order valence-electron chi connectivity index (χ3n) is 2.41. The normalized spacial score (nSPS) is 10.3. The smallest absolute Gasteiger partial charge is 0.239 e. The molecule has 0 aromatic heterocycles. The highest BCUT2D eigenvalue weighted by Gasteiger charge is 2.11. The Bertz CT molecular complexity index is 477. The molecule has 0 aliphatic carbocycles. The van der Waals surface area contributed by atoms with Crippen LogP contribution in [0.1, 0.15) is 19.4 Å². The first-order chi connectivity index (χ1) is 8.91. The minimum atomic E-state index is -0.500. The number of carbonyl (C=O) groups excluding carboxylic acids is 1. The molecule has 0 heterocycles. The average Bonchev–Trinajstić information content (AvgIpc) is 2.33. The molecule has 1 amide bonds. The lowest BCUT2D eigenvalue weighted by atomic mass is 10.1. The van der Waals surface area contributed by atoms with Crippen LogP contribution >= 0.6 is 12.2 Å². The van der Waals surface area contributed by atoms with Crippen molar-refractivity contribution >= 4 is 28.8 Å². The number of carbonyl (C=O) groups is 1. The summed E-state index contributed by atoms with van der Waals surface area (Å²) in [6.07, 6.45) is 0. The van der Waals surface area contributed by atoms with E-state index >= 15 is 0 Å². The fourth-order valence-electron chi connectivity index (χ4n) is 1.48. The third kappa shape index (κ3) is 4.82. The molecule has 0 aliphatic rings. The lowest BCUT2D eigenvalue weighted by Gasteiger charge is -2.12. The van der Waals surface area contributed by atoms with E-state index in [2.05, 4.69) is 10.6 Å². The zero-order chi connectivity index (χ0) is 14.4. The standard InChI is InChI=1S/C13H18FN3OS/c1-8(2)6-17-11(18)7-16-10-5-3-4-9(14)12(10)13(15)19/h3-5,8,16H,6-7H2,1-2H3,(H2,15,19)(H,17,18). The van der Waals surface area contributed by atoms with Gasteiger partial charge >= 0.3 is 0 Å². The van der Waals surface area contributed by atoms with Gasteiger partial charge in [0.05, 0.1) is 12.1 Å². The first-order valence-electron chi connectivity index (χ1n) is 6.00. The molecule has 1 aromatic rings. The Kier molecular flexibility index (Phi) is 5.69. The topological polar surface area (TPSA) is 67.2 Å². The van der Waals surface area contributed by atoms with Gasteiger partial charge in [-0.05, 0) is 18.1 Å². The van der Waals surface area contributed by atoms with E-state index in [-0.39, 0.29) is 23.0 Å². The Morgan fingerprint density at radius 3 is 2.74 bits per heavy atom. The Morgan fingerprint density at radius 1 is 1.47 bits per heavy atom. The molecule has 0 bridgehead atoms. The number of benzene rings is 1. The summed E-state index contributed by atoms with van der Waals surface area (Å²) in [5.74, 6) is -0.280. The van der Waals surface area contributed by atoms with Gasteiger partial charge in [-0.15, -0.1) is 0 Å². The molecule has 0 radical (unpaired) electrons. The second-order valence-corrected chi connectivity index (χ2v) is 5.02. The van der Waals surface area contributed by atoms with Crippen LogP contribution < -0.4 is 16.4 Å². The second-order valence-electron chi connectivity index (χ2n) is 4.58. The number of rotatable bonds is 6. The molecule has 6 heteroatoms. The number of thiocarbonyl (C=S) groups is 1. The third-order valence-corrected chi connectivity index (χ3v) is 2.61. The molecular formula is C13H18FN3OS. The van der Waals surface area contributed by atoms with Gasteiger partial charge in [0, 0.05) is 12.2 Å². The van der Waals surface area contributed by atoms with Gasteiger partial charge in [0.15, 0.2) is 0 Å². The van der Waals surface area contributed by atoms with Crippen LogP contribution in [-0.4, -0.2) is 24.0 Å². The molecule has 0 atom stereocenters. The molecule has 19 heavy (non-hydrogen) atoms. The summed E-state index contributed by atoms with van der Waals surface area (Å²) in [7, 11) is 0. The summed E-state index contributed by atoms with van der Waals surface area (Å²) in [6.45, 7) is 4.66. The number of hydrogen-bond acceptors (Lipinski definition) is 3. The maximum absolute atomic E-state index is 13.6. The lowest BCUT2D eigenvalue weighted by molar-refractivity contribution is -0.119. The molecule has 0 saturated heterocycles. The maximum atomic E-state index is 13.6. The first-order valence-corrected chi connectivity index (χ1v) is 6.41. The molecule has 0 fully saturated rings. The lowest BCUT2D eigenvalue weighted by Crippen LogP contribution is -2.33. The van der Waals surface area contributed by atoms with E-state index in [1.165, 1.54) is 12.1 Å². The van der Waals surface area contributed by atoms with Crippen molar-refractivity contribution in [3.8, 4) is 0 Å². The largest absolute Gasteiger partial charge is 0.389 e. The quantitative estimate of drug-likeness (QED) is 0.694. The van der Waals surface area contributed by atoms with Crippen molar-refractivity contribution < 1.29 is 9.18 Å². The van der Waals surface area contributed by atoms with Crippen LogP contribution in [0, 0.1) is 11.7 Å². The fourth-order valence-corrected chi connectivity index (χ4v) is 1.69. The van der Waals surface area contributed by atoms with Crippen molar-refractivity contribution in [2.75, 3.05) is 18.4 Å². The van der Waals surface area contributed by atoms with Crippen molar-refractivity contribution in [1.29, 1.82) is 0 Å². The van der Waals surface area contributed by atoms with Crippen molar-refractivity contribution in [3.05, 3.63) is 29.6 Å². The maximum Gasteiger partial charge on any atom is 0.239 e. The van der Waals surface area contributed by atoms with E-state index in [9.17, 15) is 9.18 Å². The molecule has 0 spiro atoms. The van der Waals surface area contributed by atoms with E-state index in [0.717, 1.165) is 0 Å². The summed E-state index contributed by atoms with van der Waals surface area (Å²) in [5.41, 5.74) is 6.03. The summed E-state index contributed by atoms with van der Waals surface area (Å²) in [6, 6.07) is 4.44. The summed E-state index contributed by atoms with van der Waals surface area (Å²) >= 11 is 4.80. The number of nitrogens with two attached hydrogens (primary N) is 1. The Morgan fingerprint density at radius 2 is 2.16 bits per heavy atom. The molecule has 0 unspecified atom stereocenters. The van der Waals surface area contributed by atoms with E-state index in [0.29, 0.717) is 18.2 Å². The Balaban J connectivity index is 2.65. The molecule has 0 aliphatic heterocycles. The van der Waals surface area contributed by atoms with Gasteiger partial charge in [-0.3, -0.25) is 4.79 Å². The molecular weight excluding hydrogens is 265 g/mol. The monoisotopic (exact) mass is 283 g/mol. The molecule has 4 nitrogen and oxygen atoms in total. The fraction of sp³-hybridized carbons (Fsp3) is 0.385. The molecule has 104 valence electrons. The van der Waals surface area contributed by atoms with Crippen molar-refractivity contribution in [2.24, 2.45) is 11.7 Å². The highest BCUT2D eigenvalue weighted by Crippen LogP contribution is 2.18. The number of anilines is 1. The van der Waals surface area contributed by atoms with Crippen LogP contribution in [0.25, 0.3) is 0 Å². The minimum absolute atomic E-state index is 0.0387. The van der Waals surface area contributed by atoms with Crippen molar-refractivity contribution in [1.82, 2.24) is 5.32 Å². The van der Waals surface area contributed by atoms with E-state index in [4.69, 9.17) is 18.0 Å². The Labute approximate surface area is 117 Å². The van der Waals surface area contributed by atoms with Crippen molar-refractivity contribution in [3.63, 3.8) is 0 Å². The number of hydrogen-bond donors (Lipinski definition) is 3. The molecule has 4 N–H and O–H groups in total. The zero-order valence-electron chi connectivity index (χ0n) is 11.0. The second kappa shape index (κ2) is 7.04. The van der Waals surface area contributed by atoms with Crippen LogP contribution in [0.4, 0.5) is 10.1 Å². The van der Waals surface area contributed by atoms with Gasteiger partial charge in [0.25, 0.3) is 0 Å². The Hall–Kier alpha value is -1.69. The predicted molar refractivity (Wildman–Crippen MR) is 78.6 cm³/mol. The van der Waals surface area contributed by atoms with Gasteiger partial charge in [-0.1, -0.05) is 32.1 Å². The summed E-state index contributed by atoms with van der Waals surface area (Å²) in [5, 5.41) is 5.60. The van der Waals surface area contributed by atoms with Gasteiger partial charge in [0.1, 0.15) is 10.8 Å². The van der Waals surface area contributed by atoms with E-state index in [1.807, 2.05) is 13.8 Å². The van der Waals surface area contributed by atoms with Crippen LogP contribution in [0.15, 0.2) is 18.2 Å². The highest BCUT2D eigenvalue weighted by molar-refractivity contribution is 7.80. The van der Waals surface area contributed by atoms with Crippen molar-refractivity contribution in [2.45, 2.75) is 13.8 Å². The van der Waals surface area contributed by atoms with Crippen LogP contribution in [-0.2, 0) is 4.79 Å². The van der Waals surface area contributed by atoms with Gasteiger partial charge < -0.3 is 16.4 Å². The number of nitrogens with one attached hydrogen (secondary N) is 2. The first kappa shape index (κ1) is 15.4. The SMILES string of the molecule is CC(C)CNC(=O)CNc1cccc(F)c1C(N)=S. The molecule has 0 saturated carbocycles. The molecule has 1 rings (SSSR count). The number of amides is 1. The minimum Gasteiger partial charge on any atom is -0.389 e. The van der Waals surface area contributed by atoms with Crippen LogP contribution in [0.3, 0.4) is 0 Å². The predicted octanol–water partition coefficient (Wildman–Crippen LogP) is 1.64. The zero-order valence-corrected chi connectivity index (χ0v) is 11.8. The highest BCUT2D eigenvalue weighted by atomic mass is 32.1. The van der Waals surface area contributed by atoms with Gasteiger partial charge in [-0.2, -0.15) is 0 Å².